The minimum atomic E-state index is -1.20. The van der Waals surface area contributed by atoms with E-state index in [-0.39, 0.29) is 11.6 Å². The van der Waals surface area contributed by atoms with Crippen molar-refractivity contribution >= 4 is 17.9 Å². The van der Waals surface area contributed by atoms with Crippen molar-refractivity contribution in [2.75, 3.05) is 0 Å². The fourth-order valence-electron chi connectivity index (χ4n) is 2.54. The Morgan fingerprint density at radius 3 is 2.62 bits per heavy atom. The van der Waals surface area contributed by atoms with Crippen molar-refractivity contribution in [2.45, 2.75) is 51.2 Å². The van der Waals surface area contributed by atoms with Gasteiger partial charge in [0.25, 0.3) is 11.5 Å². The summed E-state index contributed by atoms with van der Waals surface area (Å²) in [5.41, 5.74) is -0.811. The maximum atomic E-state index is 11.9. The van der Waals surface area contributed by atoms with Crippen LogP contribution in [0.4, 0.5) is 4.79 Å². The fraction of sp³-hybridized carbons (Fsp3) is 0.500. The fourth-order valence-corrected chi connectivity index (χ4v) is 2.54. The molecule has 8 heteroatoms. The first kappa shape index (κ1) is 17.7. The normalized spacial score (nSPS) is 16.0. The Kier molecular flexibility index (Phi) is 6.11. The van der Waals surface area contributed by atoms with E-state index in [2.05, 4.69) is 15.6 Å². The lowest BCUT2D eigenvalue weighted by molar-refractivity contribution is -0.127. The number of hydrogen-bond donors (Lipinski definition) is 3. The van der Waals surface area contributed by atoms with Crippen LogP contribution in [0.15, 0.2) is 23.1 Å². The molecule has 1 aromatic heterocycles. The highest BCUT2D eigenvalue weighted by Crippen LogP contribution is 2.17. The third-order valence-corrected chi connectivity index (χ3v) is 3.87. The molecule has 1 aromatic rings. The third-order valence-electron chi connectivity index (χ3n) is 3.87. The van der Waals surface area contributed by atoms with Crippen LogP contribution in [0.5, 0.6) is 0 Å². The van der Waals surface area contributed by atoms with Gasteiger partial charge in [0.05, 0.1) is 0 Å². The van der Waals surface area contributed by atoms with Gasteiger partial charge in [0, 0.05) is 12.2 Å². The summed E-state index contributed by atoms with van der Waals surface area (Å²) in [6, 6.07) is 2.22. The number of pyridine rings is 1. The molecule has 0 saturated heterocycles. The van der Waals surface area contributed by atoms with Crippen LogP contribution in [-0.2, 0) is 9.53 Å². The molecular formula is C16H21N3O5. The number of carbonyl (C=O) groups excluding carboxylic acids is 3. The number of aromatic nitrogens is 1. The van der Waals surface area contributed by atoms with E-state index in [0.29, 0.717) is 0 Å². The second-order valence-electron chi connectivity index (χ2n) is 5.76. The van der Waals surface area contributed by atoms with E-state index >= 15 is 0 Å². The first-order chi connectivity index (χ1) is 11.5. The lowest BCUT2D eigenvalue weighted by Crippen LogP contribution is -2.48. The zero-order valence-corrected chi connectivity index (χ0v) is 13.5. The molecule has 8 nitrogen and oxygen atoms in total. The number of imide groups is 1. The van der Waals surface area contributed by atoms with Crippen molar-refractivity contribution in [1.82, 2.24) is 15.6 Å². The largest absolute Gasteiger partial charge is 0.449 e. The molecule has 0 bridgehead atoms. The van der Waals surface area contributed by atoms with Gasteiger partial charge in [-0.25, -0.2) is 9.59 Å². The van der Waals surface area contributed by atoms with Crippen molar-refractivity contribution in [3.05, 3.63) is 34.2 Å². The summed E-state index contributed by atoms with van der Waals surface area (Å²) < 4.78 is 4.92. The molecular weight excluding hydrogens is 314 g/mol. The maximum Gasteiger partial charge on any atom is 0.344 e. The molecule has 24 heavy (non-hydrogen) atoms. The summed E-state index contributed by atoms with van der Waals surface area (Å²) in [6.45, 7) is 1.33. The third kappa shape index (κ3) is 4.94. The molecule has 0 aliphatic heterocycles. The smallest absolute Gasteiger partial charge is 0.344 e. The van der Waals surface area contributed by atoms with Gasteiger partial charge in [-0.1, -0.05) is 19.3 Å². The molecule has 0 spiro atoms. The number of aromatic amines is 1. The number of nitrogens with one attached hydrogen (secondary N) is 3. The predicted octanol–water partition coefficient (Wildman–Crippen LogP) is 1.08. The van der Waals surface area contributed by atoms with Crippen molar-refractivity contribution < 1.29 is 19.1 Å². The van der Waals surface area contributed by atoms with Crippen LogP contribution < -0.4 is 16.2 Å². The topological polar surface area (TPSA) is 117 Å². The van der Waals surface area contributed by atoms with Crippen LogP contribution >= 0.6 is 0 Å². The Balaban J connectivity index is 1.83. The molecule has 1 fully saturated rings. The minimum absolute atomic E-state index is 0.0623. The highest BCUT2D eigenvalue weighted by molar-refractivity contribution is 5.98. The van der Waals surface area contributed by atoms with Crippen LogP contribution in [-0.4, -0.2) is 35.0 Å². The van der Waals surface area contributed by atoms with Crippen LogP contribution in [0.2, 0.25) is 0 Å². The van der Waals surface area contributed by atoms with Gasteiger partial charge in [0.15, 0.2) is 6.10 Å². The second kappa shape index (κ2) is 8.28. The van der Waals surface area contributed by atoms with E-state index in [1.807, 2.05) is 0 Å². The molecule has 3 N–H and O–H groups in total. The molecule has 0 aromatic carbocycles. The van der Waals surface area contributed by atoms with Crippen molar-refractivity contribution in [3.63, 3.8) is 0 Å². The number of esters is 1. The summed E-state index contributed by atoms with van der Waals surface area (Å²) in [5.74, 6) is -1.67. The van der Waals surface area contributed by atoms with Crippen molar-refractivity contribution in [2.24, 2.45) is 0 Å². The number of H-pyrrole nitrogens is 1. The molecule has 0 radical (unpaired) electrons. The lowest BCUT2D eigenvalue weighted by Gasteiger charge is -2.23. The Labute approximate surface area is 139 Å². The van der Waals surface area contributed by atoms with Gasteiger partial charge >= 0.3 is 12.0 Å². The van der Waals surface area contributed by atoms with Gasteiger partial charge in [-0.2, -0.15) is 0 Å². The molecule has 2 rings (SSSR count). The highest BCUT2D eigenvalue weighted by Gasteiger charge is 2.23. The van der Waals surface area contributed by atoms with Gasteiger partial charge in [-0.15, -0.1) is 0 Å². The van der Waals surface area contributed by atoms with E-state index < -0.39 is 29.6 Å². The SMILES string of the molecule is C[C@H](OC(=O)c1ccc[nH]c1=O)C(=O)NC(=O)NC1CCCCC1. The molecule has 1 heterocycles. The van der Waals surface area contributed by atoms with Crippen LogP contribution in [0.25, 0.3) is 0 Å². The summed E-state index contributed by atoms with van der Waals surface area (Å²) in [7, 11) is 0. The number of carbonyl (C=O) groups is 3. The predicted molar refractivity (Wildman–Crippen MR) is 85.5 cm³/mol. The average Bonchev–Trinajstić information content (AvgIpc) is 2.55. The molecule has 1 aliphatic carbocycles. The number of hydrogen-bond acceptors (Lipinski definition) is 5. The zero-order valence-electron chi connectivity index (χ0n) is 13.5. The van der Waals surface area contributed by atoms with E-state index in [4.69, 9.17) is 4.74 Å². The molecule has 0 unspecified atom stereocenters. The summed E-state index contributed by atoms with van der Waals surface area (Å²) in [6.07, 6.45) is 5.23. The summed E-state index contributed by atoms with van der Waals surface area (Å²) in [4.78, 5) is 49.4. The number of urea groups is 1. The standard InChI is InChI=1S/C16H21N3O5/c1-10(24-15(22)12-8-5-9-17-14(12)21)13(20)19-16(23)18-11-6-3-2-4-7-11/h5,8-11H,2-4,6-7H2,1H3,(H,17,21)(H2,18,19,20,23)/t10-/m0/s1. The first-order valence-electron chi connectivity index (χ1n) is 7.97. The van der Waals surface area contributed by atoms with Gasteiger partial charge in [-0.05, 0) is 31.9 Å². The Bertz CT molecular complexity index is 664. The van der Waals surface area contributed by atoms with Gasteiger partial charge < -0.3 is 15.0 Å². The van der Waals surface area contributed by atoms with E-state index in [9.17, 15) is 19.2 Å². The van der Waals surface area contributed by atoms with Gasteiger partial charge in [-0.3, -0.25) is 14.9 Å². The molecule has 1 atom stereocenters. The van der Waals surface area contributed by atoms with Crippen molar-refractivity contribution in [1.29, 1.82) is 0 Å². The molecule has 1 aliphatic rings. The zero-order chi connectivity index (χ0) is 17.5. The second-order valence-corrected chi connectivity index (χ2v) is 5.76. The van der Waals surface area contributed by atoms with E-state index in [1.165, 1.54) is 25.3 Å². The average molecular weight is 335 g/mol. The number of amides is 3. The molecule has 1 saturated carbocycles. The van der Waals surface area contributed by atoms with Crippen LogP contribution in [0.3, 0.4) is 0 Å². The first-order valence-corrected chi connectivity index (χ1v) is 7.97. The quantitative estimate of drug-likeness (QED) is 0.712. The van der Waals surface area contributed by atoms with Crippen LogP contribution in [0, 0.1) is 0 Å². The molecule has 3 amide bonds. The Morgan fingerprint density at radius 2 is 1.96 bits per heavy atom. The lowest BCUT2D eigenvalue weighted by atomic mass is 9.96. The molecule has 130 valence electrons. The van der Waals surface area contributed by atoms with Gasteiger partial charge in [0.2, 0.25) is 0 Å². The Morgan fingerprint density at radius 1 is 1.25 bits per heavy atom. The highest BCUT2D eigenvalue weighted by atomic mass is 16.5. The monoisotopic (exact) mass is 335 g/mol. The summed E-state index contributed by atoms with van der Waals surface area (Å²) in [5, 5.41) is 4.88. The van der Waals surface area contributed by atoms with Crippen LogP contribution in [0.1, 0.15) is 49.4 Å². The summed E-state index contributed by atoms with van der Waals surface area (Å²) >= 11 is 0. The van der Waals surface area contributed by atoms with Crippen molar-refractivity contribution in [3.8, 4) is 0 Å². The minimum Gasteiger partial charge on any atom is -0.449 e. The van der Waals surface area contributed by atoms with E-state index in [1.54, 1.807) is 0 Å². The van der Waals surface area contributed by atoms with Gasteiger partial charge in [0.1, 0.15) is 5.56 Å². The van der Waals surface area contributed by atoms with E-state index in [0.717, 1.165) is 32.1 Å². The maximum absolute atomic E-state index is 11.9. The Hall–Kier alpha value is -2.64. The number of ether oxygens (including phenoxy) is 1. The number of rotatable bonds is 4.